The van der Waals surface area contributed by atoms with E-state index in [1.54, 1.807) is 42.5 Å². The molecule has 0 bridgehead atoms. The highest BCUT2D eigenvalue weighted by atomic mass is 35.5. The van der Waals surface area contributed by atoms with Gasteiger partial charge in [-0.15, -0.1) is 0 Å². The Morgan fingerprint density at radius 1 is 1.12 bits per heavy atom. The molecule has 0 fully saturated rings. The Morgan fingerprint density at radius 3 is 2.44 bits per heavy atom. The van der Waals surface area contributed by atoms with Crippen molar-refractivity contribution in [2.24, 2.45) is 0 Å². The minimum atomic E-state index is -3.42. The summed E-state index contributed by atoms with van der Waals surface area (Å²) in [6, 6.07) is 13.6. The van der Waals surface area contributed by atoms with Crippen LogP contribution in [0, 0.1) is 0 Å². The second-order valence-corrected chi connectivity index (χ2v) is 8.20. The zero-order chi connectivity index (χ0) is 18.4. The fourth-order valence-electron chi connectivity index (χ4n) is 2.27. The molecule has 0 saturated heterocycles. The van der Waals surface area contributed by atoms with E-state index < -0.39 is 10.0 Å². The van der Waals surface area contributed by atoms with Crippen molar-refractivity contribution in [1.29, 1.82) is 0 Å². The van der Waals surface area contributed by atoms with Crippen LogP contribution in [-0.2, 0) is 14.8 Å². The molecule has 0 atom stereocenters. The molecular weight excluding hydrogens is 383 g/mol. The van der Waals surface area contributed by atoms with Gasteiger partial charge in [0.05, 0.1) is 22.7 Å². The minimum Gasteiger partial charge on any atom is -0.325 e. The average molecular weight is 401 g/mol. The molecule has 2 aromatic carbocycles. The molecule has 1 N–H and O–H groups in total. The molecule has 0 aromatic heterocycles. The summed E-state index contributed by atoms with van der Waals surface area (Å²) >= 11 is 11.9. The van der Waals surface area contributed by atoms with E-state index in [-0.39, 0.29) is 18.9 Å². The number of carbonyl (C=O) groups excluding carboxylic acids is 1. The van der Waals surface area contributed by atoms with Crippen LogP contribution in [0.2, 0.25) is 10.0 Å². The molecule has 0 aliphatic rings. The van der Waals surface area contributed by atoms with Gasteiger partial charge in [0.2, 0.25) is 15.9 Å². The highest BCUT2D eigenvalue weighted by Crippen LogP contribution is 2.25. The third-order valence-corrected chi connectivity index (χ3v) is 5.17. The van der Waals surface area contributed by atoms with Crippen molar-refractivity contribution in [2.75, 3.05) is 22.4 Å². The minimum absolute atomic E-state index is 0.154. The fraction of sp³-hybridized carbons (Fsp3) is 0.235. The predicted molar refractivity (Wildman–Crippen MR) is 103 cm³/mol. The molecule has 0 aliphatic carbocycles. The van der Waals surface area contributed by atoms with E-state index in [1.807, 2.05) is 6.07 Å². The van der Waals surface area contributed by atoms with Crippen LogP contribution in [0.3, 0.4) is 0 Å². The van der Waals surface area contributed by atoms with Gasteiger partial charge in [-0.05, 0) is 36.8 Å². The number of hydrogen-bond acceptors (Lipinski definition) is 3. The van der Waals surface area contributed by atoms with Gasteiger partial charge in [0, 0.05) is 18.0 Å². The Labute approximate surface area is 157 Å². The standard InChI is InChI=1S/C17H18Cl2N2O3S/c1-25(23,24)21(14-6-3-2-4-7-14)11-5-8-17(22)20-16-12-13(18)9-10-15(16)19/h2-4,6-7,9-10,12H,5,8,11H2,1H3,(H,20,22). The van der Waals surface area contributed by atoms with Gasteiger partial charge in [-0.25, -0.2) is 8.42 Å². The van der Waals surface area contributed by atoms with Gasteiger partial charge in [0.25, 0.3) is 0 Å². The van der Waals surface area contributed by atoms with Crippen LogP contribution < -0.4 is 9.62 Å². The van der Waals surface area contributed by atoms with E-state index in [0.717, 1.165) is 6.26 Å². The number of rotatable bonds is 7. The number of benzene rings is 2. The lowest BCUT2D eigenvalue weighted by atomic mass is 10.2. The van der Waals surface area contributed by atoms with Gasteiger partial charge in [-0.1, -0.05) is 41.4 Å². The summed E-state index contributed by atoms with van der Waals surface area (Å²) in [5.41, 5.74) is 1.01. The van der Waals surface area contributed by atoms with Gasteiger partial charge >= 0.3 is 0 Å². The quantitative estimate of drug-likeness (QED) is 0.757. The number of halogens is 2. The lowest BCUT2D eigenvalue weighted by Crippen LogP contribution is -2.31. The van der Waals surface area contributed by atoms with E-state index in [9.17, 15) is 13.2 Å². The summed E-state index contributed by atoms with van der Waals surface area (Å²) in [6.45, 7) is 0.208. The molecular formula is C17H18Cl2N2O3S. The third-order valence-electron chi connectivity index (χ3n) is 3.41. The summed E-state index contributed by atoms with van der Waals surface area (Å²) in [5, 5.41) is 3.53. The molecule has 1 amide bonds. The maximum Gasteiger partial charge on any atom is 0.232 e. The zero-order valence-electron chi connectivity index (χ0n) is 13.6. The Hall–Kier alpha value is -1.76. The number of nitrogens with zero attached hydrogens (tertiary/aromatic N) is 1. The summed E-state index contributed by atoms with van der Waals surface area (Å²) in [5.74, 6) is -0.259. The molecule has 0 heterocycles. The van der Waals surface area contributed by atoms with Crippen molar-refractivity contribution >= 4 is 50.5 Å². The van der Waals surface area contributed by atoms with Crippen LogP contribution in [0.1, 0.15) is 12.8 Å². The SMILES string of the molecule is CS(=O)(=O)N(CCCC(=O)Nc1cc(Cl)ccc1Cl)c1ccccc1. The Kier molecular flexibility index (Phi) is 6.70. The first-order valence-electron chi connectivity index (χ1n) is 7.55. The van der Waals surface area contributed by atoms with E-state index in [1.165, 1.54) is 4.31 Å². The van der Waals surface area contributed by atoms with Crippen LogP contribution >= 0.6 is 23.2 Å². The van der Waals surface area contributed by atoms with Crippen molar-refractivity contribution in [2.45, 2.75) is 12.8 Å². The van der Waals surface area contributed by atoms with Crippen LogP contribution in [0.4, 0.5) is 11.4 Å². The fourth-order valence-corrected chi connectivity index (χ4v) is 3.57. The largest absolute Gasteiger partial charge is 0.325 e. The molecule has 0 spiro atoms. The topological polar surface area (TPSA) is 66.5 Å². The number of para-hydroxylation sites is 1. The highest BCUT2D eigenvalue weighted by Gasteiger charge is 2.17. The summed E-state index contributed by atoms with van der Waals surface area (Å²) < 4.78 is 25.2. The molecule has 0 radical (unpaired) electrons. The summed E-state index contributed by atoms with van der Waals surface area (Å²) in [4.78, 5) is 12.1. The second-order valence-electron chi connectivity index (χ2n) is 5.45. The van der Waals surface area contributed by atoms with Crippen molar-refractivity contribution < 1.29 is 13.2 Å². The lowest BCUT2D eigenvalue weighted by Gasteiger charge is -2.22. The molecule has 0 saturated carbocycles. The molecule has 134 valence electrons. The number of anilines is 2. The molecule has 5 nitrogen and oxygen atoms in total. The average Bonchev–Trinajstić information content (AvgIpc) is 2.54. The number of nitrogens with one attached hydrogen (secondary N) is 1. The van der Waals surface area contributed by atoms with E-state index in [0.29, 0.717) is 27.8 Å². The Morgan fingerprint density at radius 2 is 1.80 bits per heavy atom. The first-order chi connectivity index (χ1) is 11.8. The normalized spacial score (nSPS) is 11.2. The van der Waals surface area contributed by atoms with Gasteiger partial charge in [0.1, 0.15) is 0 Å². The van der Waals surface area contributed by atoms with Gasteiger partial charge < -0.3 is 5.32 Å². The maximum absolute atomic E-state index is 12.1. The van der Waals surface area contributed by atoms with Gasteiger partial charge in [-0.3, -0.25) is 9.10 Å². The number of amides is 1. The van der Waals surface area contributed by atoms with Crippen molar-refractivity contribution in [1.82, 2.24) is 0 Å². The van der Waals surface area contributed by atoms with E-state index in [2.05, 4.69) is 5.32 Å². The van der Waals surface area contributed by atoms with Gasteiger partial charge in [-0.2, -0.15) is 0 Å². The first-order valence-corrected chi connectivity index (χ1v) is 10.2. The van der Waals surface area contributed by atoms with Crippen LogP contribution in [0.15, 0.2) is 48.5 Å². The molecule has 2 aromatic rings. The molecule has 25 heavy (non-hydrogen) atoms. The van der Waals surface area contributed by atoms with Crippen LogP contribution in [0.25, 0.3) is 0 Å². The summed E-state index contributed by atoms with van der Waals surface area (Å²) in [7, 11) is -3.42. The first kappa shape index (κ1) is 19.6. The van der Waals surface area contributed by atoms with Crippen LogP contribution in [0.5, 0.6) is 0 Å². The molecule has 0 unspecified atom stereocenters. The number of hydrogen-bond donors (Lipinski definition) is 1. The molecule has 2 rings (SSSR count). The Balaban J connectivity index is 1.96. The molecule has 8 heteroatoms. The monoisotopic (exact) mass is 400 g/mol. The molecule has 0 aliphatic heterocycles. The Bertz CT molecular complexity index is 842. The maximum atomic E-state index is 12.1. The predicted octanol–water partition coefficient (Wildman–Crippen LogP) is 4.18. The highest BCUT2D eigenvalue weighted by molar-refractivity contribution is 7.92. The van der Waals surface area contributed by atoms with E-state index in [4.69, 9.17) is 23.2 Å². The summed E-state index contributed by atoms with van der Waals surface area (Å²) in [6.07, 6.45) is 1.67. The number of carbonyl (C=O) groups is 1. The van der Waals surface area contributed by atoms with E-state index >= 15 is 0 Å². The zero-order valence-corrected chi connectivity index (χ0v) is 15.9. The third kappa shape index (κ3) is 5.92. The van der Waals surface area contributed by atoms with Crippen molar-refractivity contribution in [3.63, 3.8) is 0 Å². The van der Waals surface area contributed by atoms with Crippen molar-refractivity contribution in [3.05, 3.63) is 58.6 Å². The number of sulfonamides is 1. The smallest absolute Gasteiger partial charge is 0.232 e. The van der Waals surface area contributed by atoms with Crippen LogP contribution in [-0.4, -0.2) is 27.1 Å². The van der Waals surface area contributed by atoms with Gasteiger partial charge in [0.15, 0.2) is 0 Å². The lowest BCUT2D eigenvalue weighted by molar-refractivity contribution is -0.116. The second kappa shape index (κ2) is 8.56. The van der Waals surface area contributed by atoms with Crippen molar-refractivity contribution in [3.8, 4) is 0 Å².